The van der Waals surface area contributed by atoms with E-state index in [1.807, 2.05) is 13.8 Å². The first kappa shape index (κ1) is 18.3. The van der Waals surface area contributed by atoms with Gasteiger partial charge in [0.2, 0.25) is 0 Å². The molecule has 1 aromatic rings. The van der Waals surface area contributed by atoms with Crippen molar-refractivity contribution < 1.29 is 19.3 Å². The number of aliphatic hydroxyl groups excluding tert-OH is 2. The SMILES string of the molecule is CC(C)OCC(O)CN1CCC(C(O)c2ccc(F)cc2)CC1. The van der Waals surface area contributed by atoms with Crippen molar-refractivity contribution in [2.45, 2.75) is 45.0 Å². The molecular formula is C18H28FNO3. The zero-order chi connectivity index (χ0) is 16.8. The summed E-state index contributed by atoms with van der Waals surface area (Å²) in [5.41, 5.74) is 0.773. The Bertz CT molecular complexity index is 458. The number of hydrogen-bond acceptors (Lipinski definition) is 4. The Kier molecular flexibility index (Phi) is 6.96. The van der Waals surface area contributed by atoms with Crippen molar-refractivity contribution in [1.82, 2.24) is 4.90 Å². The lowest BCUT2D eigenvalue weighted by atomic mass is 9.87. The predicted molar refractivity (Wildman–Crippen MR) is 87.6 cm³/mol. The van der Waals surface area contributed by atoms with Gasteiger partial charge >= 0.3 is 0 Å². The van der Waals surface area contributed by atoms with Gasteiger partial charge in [-0.1, -0.05) is 12.1 Å². The lowest BCUT2D eigenvalue weighted by Gasteiger charge is -2.35. The maximum atomic E-state index is 13.0. The molecule has 2 N–H and O–H groups in total. The van der Waals surface area contributed by atoms with Gasteiger partial charge in [0.05, 0.1) is 24.9 Å². The normalized spacial score (nSPS) is 19.9. The van der Waals surface area contributed by atoms with E-state index in [1.54, 1.807) is 12.1 Å². The molecule has 1 heterocycles. The molecule has 0 aromatic heterocycles. The Labute approximate surface area is 137 Å². The molecule has 23 heavy (non-hydrogen) atoms. The molecule has 1 aliphatic rings. The number of halogens is 1. The molecule has 5 heteroatoms. The van der Waals surface area contributed by atoms with Gasteiger partial charge in [-0.3, -0.25) is 0 Å². The second-order valence-electron chi connectivity index (χ2n) is 6.67. The molecule has 2 unspecified atom stereocenters. The van der Waals surface area contributed by atoms with Gasteiger partial charge in [-0.25, -0.2) is 4.39 Å². The van der Waals surface area contributed by atoms with E-state index >= 15 is 0 Å². The molecule has 2 rings (SSSR count). The Balaban J connectivity index is 1.76. The number of β-amino-alcohol motifs (C(OH)–C–C–N with tert-alkyl or cyclic N) is 1. The summed E-state index contributed by atoms with van der Waals surface area (Å²) in [4.78, 5) is 2.21. The zero-order valence-electron chi connectivity index (χ0n) is 14.0. The third-order valence-corrected chi connectivity index (χ3v) is 4.38. The fourth-order valence-corrected chi connectivity index (χ4v) is 3.04. The molecule has 1 fully saturated rings. The first-order valence-electron chi connectivity index (χ1n) is 8.41. The van der Waals surface area contributed by atoms with Gasteiger partial charge in [0.1, 0.15) is 5.82 Å². The van der Waals surface area contributed by atoms with Crippen molar-refractivity contribution >= 4 is 0 Å². The van der Waals surface area contributed by atoms with Gasteiger partial charge in [-0.05, 0) is 63.4 Å². The third-order valence-electron chi connectivity index (χ3n) is 4.38. The van der Waals surface area contributed by atoms with Crippen LogP contribution in [-0.4, -0.2) is 53.6 Å². The molecule has 1 aliphatic heterocycles. The van der Waals surface area contributed by atoms with Crippen LogP contribution in [0.15, 0.2) is 24.3 Å². The Morgan fingerprint density at radius 1 is 1.17 bits per heavy atom. The van der Waals surface area contributed by atoms with Crippen LogP contribution in [-0.2, 0) is 4.74 Å². The minimum absolute atomic E-state index is 0.126. The van der Waals surface area contributed by atoms with Crippen molar-refractivity contribution in [3.05, 3.63) is 35.6 Å². The smallest absolute Gasteiger partial charge is 0.123 e. The minimum atomic E-state index is -0.549. The highest BCUT2D eigenvalue weighted by Crippen LogP contribution is 2.30. The summed E-state index contributed by atoms with van der Waals surface area (Å²) >= 11 is 0. The molecule has 130 valence electrons. The summed E-state index contributed by atoms with van der Waals surface area (Å²) in [6, 6.07) is 6.08. The Morgan fingerprint density at radius 3 is 2.35 bits per heavy atom. The maximum absolute atomic E-state index is 13.0. The topological polar surface area (TPSA) is 52.9 Å². The summed E-state index contributed by atoms with van der Waals surface area (Å²) in [6.45, 7) is 6.56. The van der Waals surface area contributed by atoms with Crippen molar-refractivity contribution in [2.24, 2.45) is 5.92 Å². The number of aliphatic hydroxyl groups is 2. The van der Waals surface area contributed by atoms with Gasteiger partial charge < -0.3 is 19.8 Å². The molecule has 0 aliphatic carbocycles. The fraction of sp³-hybridized carbons (Fsp3) is 0.667. The molecule has 1 saturated heterocycles. The lowest BCUT2D eigenvalue weighted by Crippen LogP contribution is -2.41. The van der Waals surface area contributed by atoms with E-state index in [4.69, 9.17) is 4.74 Å². The summed E-state index contributed by atoms with van der Waals surface area (Å²) in [5.74, 6) is -0.103. The number of benzene rings is 1. The van der Waals surface area contributed by atoms with E-state index < -0.39 is 12.2 Å². The van der Waals surface area contributed by atoms with Crippen LogP contribution in [0.3, 0.4) is 0 Å². The highest BCUT2D eigenvalue weighted by molar-refractivity contribution is 5.19. The largest absolute Gasteiger partial charge is 0.389 e. The monoisotopic (exact) mass is 325 g/mol. The van der Waals surface area contributed by atoms with Crippen LogP contribution in [0.1, 0.15) is 38.4 Å². The average Bonchev–Trinajstić information content (AvgIpc) is 2.54. The molecule has 2 atom stereocenters. The number of nitrogens with zero attached hydrogens (tertiary/aromatic N) is 1. The minimum Gasteiger partial charge on any atom is -0.389 e. The maximum Gasteiger partial charge on any atom is 0.123 e. The molecule has 4 nitrogen and oxygen atoms in total. The molecule has 0 bridgehead atoms. The van der Waals surface area contributed by atoms with Gasteiger partial charge in [0.15, 0.2) is 0 Å². The van der Waals surface area contributed by atoms with Crippen molar-refractivity contribution in [2.75, 3.05) is 26.2 Å². The third kappa shape index (κ3) is 5.84. The number of likely N-dealkylation sites (tertiary alicyclic amines) is 1. The Hall–Kier alpha value is -1.01. The lowest BCUT2D eigenvalue weighted by molar-refractivity contribution is -0.0174. The van der Waals surface area contributed by atoms with Crippen molar-refractivity contribution in [3.63, 3.8) is 0 Å². The first-order valence-corrected chi connectivity index (χ1v) is 8.41. The summed E-state index contributed by atoms with van der Waals surface area (Å²) in [5, 5.41) is 20.4. The average molecular weight is 325 g/mol. The van der Waals surface area contributed by atoms with E-state index in [1.165, 1.54) is 12.1 Å². The van der Waals surface area contributed by atoms with Gasteiger partial charge in [0.25, 0.3) is 0 Å². The second-order valence-corrected chi connectivity index (χ2v) is 6.67. The van der Waals surface area contributed by atoms with E-state index in [9.17, 15) is 14.6 Å². The van der Waals surface area contributed by atoms with Crippen LogP contribution < -0.4 is 0 Å². The number of rotatable bonds is 7. The van der Waals surface area contributed by atoms with Crippen LogP contribution in [0.4, 0.5) is 4.39 Å². The molecule has 0 saturated carbocycles. The molecule has 0 radical (unpaired) electrons. The van der Waals surface area contributed by atoms with E-state index in [-0.39, 0.29) is 17.8 Å². The van der Waals surface area contributed by atoms with Crippen LogP contribution in [0.25, 0.3) is 0 Å². The van der Waals surface area contributed by atoms with E-state index in [0.29, 0.717) is 13.2 Å². The quantitative estimate of drug-likeness (QED) is 0.808. The summed E-state index contributed by atoms with van der Waals surface area (Å²) < 4.78 is 18.4. The molecule has 0 spiro atoms. The molecular weight excluding hydrogens is 297 g/mol. The van der Waals surface area contributed by atoms with E-state index in [0.717, 1.165) is 31.5 Å². The highest BCUT2D eigenvalue weighted by Gasteiger charge is 2.27. The van der Waals surface area contributed by atoms with Gasteiger partial charge in [0, 0.05) is 6.54 Å². The first-order chi connectivity index (χ1) is 11.0. The number of piperidine rings is 1. The second kappa shape index (κ2) is 8.73. The van der Waals surface area contributed by atoms with Crippen LogP contribution in [0, 0.1) is 11.7 Å². The molecule has 0 amide bonds. The van der Waals surface area contributed by atoms with Crippen LogP contribution in [0.2, 0.25) is 0 Å². The van der Waals surface area contributed by atoms with Gasteiger partial charge in [-0.2, -0.15) is 0 Å². The molecule has 1 aromatic carbocycles. The summed E-state index contributed by atoms with van der Waals surface area (Å²) in [7, 11) is 0. The van der Waals surface area contributed by atoms with Crippen LogP contribution >= 0.6 is 0 Å². The Morgan fingerprint density at radius 2 is 1.78 bits per heavy atom. The fourth-order valence-electron chi connectivity index (χ4n) is 3.04. The zero-order valence-corrected chi connectivity index (χ0v) is 14.0. The van der Waals surface area contributed by atoms with Crippen LogP contribution in [0.5, 0.6) is 0 Å². The standard InChI is InChI=1S/C18H28FNO3/c1-13(2)23-12-17(21)11-20-9-7-15(8-10-20)18(22)14-3-5-16(19)6-4-14/h3-6,13,15,17-18,21-22H,7-12H2,1-2H3. The predicted octanol–water partition coefficient (Wildman–Crippen LogP) is 2.36. The highest BCUT2D eigenvalue weighted by atomic mass is 19.1. The number of hydrogen-bond donors (Lipinski definition) is 2. The summed E-state index contributed by atoms with van der Waals surface area (Å²) in [6.07, 6.45) is 0.844. The van der Waals surface area contributed by atoms with Crippen molar-refractivity contribution in [1.29, 1.82) is 0 Å². The van der Waals surface area contributed by atoms with E-state index in [2.05, 4.69) is 4.90 Å². The van der Waals surface area contributed by atoms with Crippen molar-refractivity contribution in [3.8, 4) is 0 Å². The van der Waals surface area contributed by atoms with Gasteiger partial charge in [-0.15, -0.1) is 0 Å². The number of ether oxygens (including phenoxy) is 1.